The van der Waals surface area contributed by atoms with E-state index in [1.807, 2.05) is 6.92 Å². The van der Waals surface area contributed by atoms with Crippen LogP contribution >= 0.6 is 11.3 Å². The van der Waals surface area contributed by atoms with Crippen LogP contribution in [0, 0.1) is 6.92 Å². The Labute approximate surface area is 171 Å². The van der Waals surface area contributed by atoms with Gasteiger partial charge >= 0.3 is 12.1 Å². The highest BCUT2D eigenvalue weighted by Crippen LogP contribution is 2.40. The van der Waals surface area contributed by atoms with Crippen molar-refractivity contribution in [3.8, 4) is 0 Å². The molecule has 3 rings (SSSR count). The topological polar surface area (TPSA) is 83.0 Å². The molecular weight excluding hydrogens is 411 g/mol. The quantitative estimate of drug-likeness (QED) is 0.763. The Bertz CT molecular complexity index is 703. The number of methoxy groups -OCH3 is 1. The number of carbonyl (C=O) groups is 2. The van der Waals surface area contributed by atoms with Crippen LogP contribution in [-0.2, 0) is 20.9 Å². The summed E-state index contributed by atoms with van der Waals surface area (Å²) >= 11 is 1.66. The molecule has 2 aliphatic rings. The molecule has 29 heavy (non-hydrogen) atoms. The van der Waals surface area contributed by atoms with Gasteiger partial charge in [-0.1, -0.05) is 0 Å². The Balaban J connectivity index is 0.000000370. The van der Waals surface area contributed by atoms with Crippen LogP contribution in [0.25, 0.3) is 0 Å². The molecule has 0 aromatic carbocycles. The Morgan fingerprint density at radius 1 is 1.34 bits per heavy atom. The molecule has 1 N–H and O–H groups in total. The Hall–Kier alpha value is -1.72. The van der Waals surface area contributed by atoms with Crippen molar-refractivity contribution < 1.29 is 32.6 Å². The van der Waals surface area contributed by atoms with E-state index in [0.29, 0.717) is 18.9 Å². The van der Waals surface area contributed by atoms with Gasteiger partial charge in [-0.05, 0) is 26.2 Å². The van der Waals surface area contributed by atoms with Gasteiger partial charge in [0.15, 0.2) is 0 Å². The van der Waals surface area contributed by atoms with Crippen molar-refractivity contribution in [2.45, 2.75) is 50.9 Å². The minimum Gasteiger partial charge on any atom is -0.475 e. The predicted octanol–water partition coefficient (Wildman–Crippen LogP) is 2.69. The van der Waals surface area contributed by atoms with E-state index in [9.17, 15) is 18.0 Å². The standard InChI is InChI=1S/C16H25N3O2S.C2HF3O2/c1-13-17-14(12-22-13)11-19-15(20)3-4-16(19)5-7-18(8-6-16)9-10-21-2;3-2(4,5)1(6)7/h12H,3-11H2,1-2H3;(H,6,7). The van der Waals surface area contributed by atoms with Gasteiger partial charge in [-0.3, -0.25) is 4.79 Å². The number of nitrogens with zero attached hydrogens (tertiary/aromatic N) is 3. The van der Waals surface area contributed by atoms with Gasteiger partial charge < -0.3 is 19.6 Å². The number of ether oxygens (including phenoxy) is 1. The lowest BCUT2D eigenvalue weighted by Gasteiger charge is -2.44. The summed E-state index contributed by atoms with van der Waals surface area (Å²) in [6.45, 7) is 6.59. The van der Waals surface area contributed by atoms with Crippen LogP contribution in [0.1, 0.15) is 36.4 Å². The van der Waals surface area contributed by atoms with Crippen molar-refractivity contribution in [2.75, 3.05) is 33.4 Å². The number of piperidine rings is 1. The monoisotopic (exact) mass is 437 g/mol. The molecular formula is C18H26F3N3O4S. The van der Waals surface area contributed by atoms with E-state index in [-0.39, 0.29) is 5.54 Å². The van der Waals surface area contributed by atoms with Crippen LogP contribution in [0.4, 0.5) is 13.2 Å². The van der Waals surface area contributed by atoms with Gasteiger partial charge in [0.1, 0.15) is 0 Å². The molecule has 0 aliphatic carbocycles. The Morgan fingerprint density at radius 3 is 2.45 bits per heavy atom. The molecule has 1 amide bonds. The fourth-order valence-electron chi connectivity index (χ4n) is 3.71. The van der Waals surface area contributed by atoms with E-state index in [1.54, 1.807) is 18.4 Å². The molecule has 0 radical (unpaired) electrons. The van der Waals surface area contributed by atoms with Crippen molar-refractivity contribution in [3.63, 3.8) is 0 Å². The number of rotatable bonds is 5. The number of hydrogen-bond acceptors (Lipinski definition) is 6. The number of hydrogen-bond donors (Lipinski definition) is 1. The third-order valence-electron chi connectivity index (χ3n) is 5.31. The molecule has 164 valence electrons. The van der Waals surface area contributed by atoms with Crippen LogP contribution in [-0.4, -0.2) is 76.8 Å². The summed E-state index contributed by atoms with van der Waals surface area (Å²) in [5, 5.41) is 10.3. The second-order valence-corrected chi connectivity index (χ2v) is 8.26. The van der Waals surface area contributed by atoms with Crippen molar-refractivity contribution in [1.82, 2.24) is 14.8 Å². The molecule has 2 saturated heterocycles. The number of aliphatic carboxylic acids is 1. The van der Waals surface area contributed by atoms with Gasteiger partial charge in [-0.2, -0.15) is 13.2 Å². The van der Waals surface area contributed by atoms with E-state index >= 15 is 0 Å². The summed E-state index contributed by atoms with van der Waals surface area (Å²) in [5.41, 5.74) is 1.11. The summed E-state index contributed by atoms with van der Waals surface area (Å²) in [6.07, 6.45) is -1.23. The maximum Gasteiger partial charge on any atom is 0.490 e. The lowest BCUT2D eigenvalue weighted by molar-refractivity contribution is -0.192. The van der Waals surface area contributed by atoms with E-state index in [0.717, 1.165) is 56.2 Å². The highest BCUT2D eigenvalue weighted by atomic mass is 32.1. The largest absolute Gasteiger partial charge is 0.490 e. The first kappa shape index (κ1) is 23.6. The van der Waals surface area contributed by atoms with Crippen LogP contribution in [0.2, 0.25) is 0 Å². The van der Waals surface area contributed by atoms with Gasteiger partial charge in [0.25, 0.3) is 0 Å². The van der Waals surface area contributed by atoms with Crippen molar-refractivity contribution >= 4 is 23.2 Å². The maximum atomic E-state index is 12.4. The number of thiazole rings is 1. The SMILES string of the molecule is COCCN1CCC2(CCC(=O)N2Cc2csc(C)n2)CC1.O=C(O)C(F)(F)F. The second-order valence-electron chi connectivity index (χ2n) is 7.20. The van der Waals surface area contributed by atoms with Crippen molar-refractivity contribution in [2.24, 2.45) is 0 Å². The van der Waals surface area contributed by atoms with Crippen molar-refractivity contribution in [3.05, 3.63) is 16.1 Å². The molecule has 11 heteroatoms. The van der Waals surface area contributed by atoms with Gasteiger partial charge in [0.2, 0.25) is 5.91 Å². The number of likely N-dealkylation sites (tertiary alicyclic amines) is 2. The number of amides is 1. The molecule has 1 aromatic heterocycles. The zero-order valence-electron chi connectivity index (χ0n) is 16.5. The molecule has 0 bridgehead atoms. The first-order chi connectivity index (χ1) is 13.6. The zero-order chi connectivity index (χ0) is 21.7. The number of halogens is 3. The Kier molecular flexibility index (Phi) is 8.01. The Morgan fingerprint density at radius 2 is 1.97 bits per heavy atom. The third-order valence-corrected chi connectivity index (χ3v) is 6.13. The lowest BCUT2D eigenvalue weighted by Crippen LogP contribution is -2.53. The lowest BCUT2D eigenvalue weighted by atomic mass is 9.85. The summed E-state index contributed by atoms with van der Waals surface area (Å²) in [6, 6.07) is 0. The van der Waals surface area contributed by atoms with Crippen LogP contribution in [0.3, 0.4) is 0 Å². The number of aryl methyl sites for hydroxylation is 1. The van der Waals surface area contributed by atoms with Crippen LogP contribution < -0.4 is 0 Å². The molecule has 2 aliphatic heterocycles. The molecule has 0 unspecified atom stereocenters. The smallest absolute Gasteiger partial charge is 0.475 e. The number of carboxylic acids is 1. The molecule has 7 nitrogen and oxygen atoms in total. The molecule has 3 heterocycles. The zero-order valence-corrected chi connectivity index (χ0v) is 17.3. The molecule has 0 saturated carbocycles. The van der Waals surface area contributed by atoms with Gasteiger partial charge in [-0.15, -0.1) is 11.3 Å². The summed E-state index contributed by atoms with van der Waals surface area (Å²) in [4.78, 5) is 30.4. The van der Waals surface area contributed by atoms with Gasteiger partial charge in [0.05, 0.1) is 23.9 Å². The van der Waals surface area contributed by atoms with E-state index < -0.39 is 12.1 Å². The molecule has 1 spiro atoms. The molecule has 0 atom stereocenters. The summed E-state index contributed by atoms with van der Waals surface area (Å²) in [5.74, 6) is -2.46. The highest BCUT2D eigenvalue weighted by Gasteiger charge is 2.46. The summed E-state index contributed by atoms with van der Waals surface area (Å²) < 4.78 is 36.9. The third kappa shape index (κ3) is 6.38. The average molecular weight is 437 g/mol. The number of carbonyl (C=O) groups excluding carboxylic acids is 1. The van der Waals surface area contributed by atoms with E-state index in [1.165, 1.54) is 0 Å². The van der Waals surface area contributed by atoms with Crippen molar-refractivity contribution in [1.29, 1.82) is 0 Å². The van der Waals surface area contributed by atoms with Crippen LogP contribution in [0.15, 0.2) is 5.38 Å². The number of aromatic nitrogens is 1. The van der Waals surface area contributed by atoms with E-state index in [4.69, 9.17) is 14.6 Å². The predicted molar refractivity (Wildman–Crippen MR) is 101 cm³/mol. The molecule has 2 fully saturated rings. The molecule has 1 aromatic rings. The van der Waals surface area contributed by atoms with E-state index in [2.05, 4.69) is 20.2 Å². The average Bonchev–Trinajstić information content (AvgIpc) is 3.20. The maximum absolute atomic E-state index is 12.4. The highest BCUT2D eigenvalue weighted by molar-refractivity contribution is 7.09. The first-order valence-electron chi connectivity index (χ1n) is 9.30. The fourth-order valence-corrected chi connectivity index (χ4v) is 4.31. The second kappa shape index (κ2) is 9.86. The minimum absolute atomic E-state index is 0.0676. The summed E-state index contributed by atoms with van der Waals surface area (Å²) in [7, 11) is 1.75. The number of carboxylic acid groups (broad SMARTS) is 1. The van der Waals surface area contributed by atoms with Gasteiger partial charge in [-0.25, -0.2) is 9.78 Å². The van der Waals surface area contributed by atoms with Gasteiger partial charge in [0, 0.05) is 44.1 Å². The minimum atomic E-state index is -5.08. The fraction of sp³-hybridized carbons (Fsp3) is 0.722. The van der Waals surface area contributed by atoms with Crippen LogP contribution in [0.5, 0.6) is 0 Å². The first-order valence-corrected chi connectivity index (χ1v) is 10.2. The normalized spacial score (nSPS) is 19.3. The number of alkyl halides is 3.